The quantitative estimate of drug-likeness (QED) is 0.890. The monoisotopic (exact) mass is 315 g/mol. The summed E-state index contributed by atoms with van der Waals surface area (Å²) in [5.74, 6) is 0.00212. The van der Waals surface area contributed by atoms with Gasteiger partial charge in [-0.15, -0.1) is 0 Å². The van der Waals surface area contributed by atoms with Gasteiger partial charge >= 0.3 is 0 Å². The molecule has 0 aromatic heterocycles. The van der Waals surface area contributed by atoms with Crippen molar-refractivity contribution in [3.05, 3.63) is 65.5 Å². The summed E-state index contributed by atoms with van der Waals surface area (Å²) in [5, 5.41) is 13.0. The molecule has 0 bridgehead atoms. The van der Waals surface area contributed by atoms with E-state index in [0.29, 0.717) is 12.2 Å². The Balaban J connectivity index is 1.51. The summed E-state index contributed by atoms with van der Waals surface area (Å²) >= 11 is 0. The Kier molecular flexibility index (Phi) is 4.57. The molecule has 0 saturated heterocycles. The zero-order valence-corrected chi connectivity index (χ0v) is 12.5. The van der Waals surface area contributed by atoms with E-state index in [1.165, 1.54) is 24.3 Å². The van der Waals surface area contributed by atoms with E-state index >= 15 is 0 Å². The lowest BCUT2D eigenvalue weighted by atomic mass is 10.1. The highest BCUT2D eigenvalue weighted by atomic mass is 19.1. The van der Waals surface area contributed by atoms with Crippen LogP contribution in [0.2, 0.25) is 0 Å². The number of hydrogen-bond acceptors (Lipinski definition) is 3. The number of ether oxygens (including phenoxy) is 1. The highest BCUT2D eigenvalue weighted by Gasteiger charge is 2.31. The number of carbonyl (C=O) groups is 1. The number of halogens is 1. The summed E-state index contributed by atoms with van der Waals surface area (Å²) in [6, 6.07) is 13.0. The number of hydrogen-bond donors (Lipinski definition) is 2. The molecular formula is C18H18FNO3. The van der Waals surface area contributed by atoms with Crippen LogP contribution in [0.5, 0.6) is 5.75 Å². The number of benzene rings is 2. The minimum absolute atomic E-state index is 0.169. The molecule has 2 unspecified atom stereocenters. The molecule has 2 aromatic rings. The van der Waals surface area contributed by atoms with E-state index in [1.807, 2.05) is 24.3 Å². The summed E-state index contributed by atoms with van der Waals surface area (Å²) in [6.07, 6.45) is 0.116. The second-order valence-electron chi connectivity index (χ2n) is 5.57. The maximum atomic E-state index is 12.8. The van der Waals surface area contributed by atoms with Gasteiger partial charge in [0.05, 0.1) is 25.2 Å². The summed E-state index contributed by atoms with van der Waals surface area (Å²) < 4.78 is 18.2. The molecule has 4 nitrogen and oxygen atoms in total. The lowest BCUT2D eigenvalue weighted by Gasteiger charge is -2.18. The van der Waals surface area contributed by atoms with Gasteiger partial charge in [0.15, 0.2) is 0 Å². The standard InChI is InChI=1S/C18H18FNO3/c19-13-5-7-14(8-6-13)23-10-9-17(22)20-18-15-4-2-1-3-12(15)11-16(18)21/h1-8,16,18,21H,9-11H2,(H,20,22). The average Bonchev–Trinajstić information content (AvgIpc) is 2.85. The predicted octanol–water partition coefficient (Wildman–Crippen LogP) is 2.37. The van der Waals surface area contributed by atoms with Crippen LogP contribution in [0.15, 0.2) is 48.5 Å². The molecule has 0 aliphatic heterocycles. The molecule has 0 heterocycles. The zero-order valence-electron chi connectivity index (χ0n) is 12.5. The van der Waals surface area contributed by atoms with E-state index in [-0.39, 0.29) is 30.8 Å². The first-order chi connectivity index (χ1) is 11.1. The molecule has 1 aliphatic rings. The Bertz CT molecular complexity index is 687. The molecule has 1 aliphatic carbocycles. The SMILES string of the molecule is O=C(CCOc1ccc(F)cc1)NC1c2ccccc2CC1O. The Morgan fingerprint density at radius 3 is 2.74 bits per heavy atom. The fraction of sp³-hybridized carbons (Fsp3) is 0.278. The van der Waals surface area contributed by atoms with Gasteiger partial charge in [-0.05, 0) is 35.4 Å². The van der Waals surface area contributed by atoms with Gasteiger partial charge in [0.1, 0.15) is 11.6 Å². The number of aliphatic hydroxyl groups is 1. The van der Waals surface area contributed by atoms with Crippen molar-refractivity contribution in [2.24, 2.45) is 0 Å². The van der Waals surface area contributed by atoms with Gasteiger partial charge in [-0.3, -0.25) is 4.79 Å². The lowest BCUT2D eigenvalue weighted by Crippen LogP contribution is -2.34. The van der Waals surface area contributed by atoms with Crippen LogP contribution in [-0.4, -0.2) is 23.7 Å². The largest absolute Gasteiger partial charge is 0.493 e. The third-order valence-electron chi connectivity index (χ3n) is 3.93. The number of fused-ring (bicyclic) bond motifs is 1. The van der Waals surface area contributed by atoms with E-state index in [4.69, 9.17) is 4.74 Å². The highest BCUT2D eigenvalue weighted by Crippen LogP contribution is 2.31. The summed E-state index contributed by atoms with van der Waals surface area (Å²) in [7, 11) is 0. The minimum Gasteiger partial charge on any atom is -0.493 e. The van der Waals surface area contributed by atoms with Crippen molar-refractivity contribution in [3.63, 3.8) is 0 Å². The molecule has 0 saturated carbocycles. The first-order valence-electron chi connectivity index (χ1n) is 7.57. The fourth-order valence-electron chi connectivity index (χ4n) is 2.79. The predicted molar refractivity (Wildman–Crippen MR) is 83.5 cm³/mol. The Hall–Kier alpha value is -2.40. The number of nitrogens with one attached hydrogen (secondary N) is 1. The van der Waals surface area contributed by atoms with E-state index in [0.717, 1.165) is 11.1 Å². The molecule has 0 radical (unpaired) electrons. The highest BCUT2D eigenvalue weighted by molar-refractivity contribution is 5.77. The molecular weight excluding hydrogens is 297 g/mol. The smallest absolute Gasteiger partial charge is 0.223 e. The fourth-order valence-corrected chi connectivity index (χ4v) is 2.79. The third-order valence-corrected chi connectivity index (χ3v) is 3.93. The van der Waals surface area contributed by atoms with Crippen molar-refractivity contribution in [3.8, 4) is 5.75 Å². The van der Waals surface area contributed by atoms with Gasteiger partial charge in [0, 0.05) is 6.42 Å². The lowest BCUT2D eigenvalue weighted by molar-refractivity contribution is -0.123. The van der Waals surface area contributed by atoms with Crippen LogP contribution < -0.4 is 10.1 Å². The summed E-state index contributed by atoms with van der Waals surface area (Å²) in [6.45, 7) is 0.196. The maximum Gasteiger partial charge on any atom is 0.223 e. The topological polar surface area (TPSA) is 58.6 Å². The summed E-state index contributed by atoms with van der Waals surface area (Å²) in [4.78, 5) is 12.0. The average molecular weight is 315 g/mol. The van der Waals surface area contributed by atoms with Gasteiger partial charge < -0.3 is 15.2 Å². The molecule has 3 rings (SSSR count). The van der Waals surface area contributed by atoms with E-state index in [9.17, 15) is 14.3 Å². The van der Waals surface area contributed by atoms with Crippen LogP contribution in [0.4, 0.5) is 4.39 Å². The van der Waals surface area contributed by atoms with Crippen LogP contribution in [0, 0.1) is 5.82 Å². The Labute approximate surface area is 133 Å². The molecule has 23 heavy (non-hydrogen) atoms. The summed E-state index contributed by atoms with van der Waals surface area (Å²) in [5.41, 5.74) is 2.03. The van der Waals surface area contributed by atoms with Gasteiger partial charge in [-0.25, -0.2) is 4.39 Å². The van der Waals surface area contributed by atoms with Gasteiger partial charge in [0.25, 0.3) is 0 Å². The van der Waals surface area contributed by atoms with Crippen molar-refractivity contribution in [2.45, 2.75) is 25.0 Å². The Morgan fingerprint density at radius 2 is 1.96 bits per heavy atom. The number of rotatable bonds is 5. The van der Waals surface area contributed by atoms with Crippen molar-refractivity contribution in [1.82, 2.24) is 5.32 Å². The normalized spacial score (nSPS) is 19.2. The number of amides is 1. The van der Waals surface area contributed by atoms with E-state index in [1.54, 1.807) is 0 Å². The van der Waals surface area contributed by atoms with Gasteiger partial charge in [0.2, 0.25) is 5.91 Å². The van der Waals surface area contributed by atoms with E-state index < -0.39 is 6.10 Å². The zero-order chi connectivity index (χ0) is 16.2. The van der Waals surface area contributed by atoms with Crippen molar-refractivity contribution in [1.29, 1.82) is 0 Å². The molecule has 5 heteroatoms. The van der Waals surface area contributed by atoms with Crippen molar-refractivity contribution >= 4 is 5.91 Å². The van der Waals surface area contributed by atoms with Crippen LogP contribution in [-0.2, 0) is 11.2 Å². The molecule has 2 N–H and O–H groups in total. The van der Waals surface area contributed by atoms with Crippen LogP contribution in [0.1, 0.15) is 23.6 Å². The van der Waals surface area contributed by atoms with Crippen molar-refractivity contribution < 1.29 is 19.0 Å². The van der Waals surface area contributed by atoms with E-state index in [2.05, 4.69) is 5.32 Å². The molecule has 0 fully saturated rings. The second kappa shape index (κ2) is 6.79. The van der Waals surface area contributed by atoms with Crippen LogP contribution in [0.3, 0.4) is 0 Å². The molecule has 120 valence electrons. The first kappa shape index (κ1) is 15.5. The molecule has 1 amide bonds. The number of aliphatic hydroxyl groups excluding tert-OH is 1. The first-order valence-corrected chi connectivity index (χ1v) is 7.57. The minimum atomic E-state index is -0.602. The van der Waals surface area contributed by atoms with Crippen LogP contribution in [0.25, 0.3) is 0 Å². The second-order valence-corrected chi connectivity index (χ2v) is 5.57. The van der Waals surface area contributed by atoms with Crippen LogP contribution >= 0.6 is 0 Å². The molecule has 2 atom stereocenters. The van der Waals surface area contributed by atoms with Gasteiger partial charge in [-0.1, -0.05) is 24.3 Å². The Morgan fingerprint density at radius 1 is 1.22 bits per heavy atom. The third kappa shape index (κ3) is 3.68. The van der Waals surface area contributed by atoms with Crippen molar-refractivity contribution in [2.75, 3.05) is 6.61 Å². The molecule has 0 spiro atoms. The maximum absolute atomic E-state index is 12.8. The molecule has 2 aromatic carbocycles. The van der Waals surface area contributed by atoms with Gasteiger partial charge in [-0.2, -0.15) is 0 Å². The number of carbonyl (C=O) groups excluding carboxylic acids is 1.